The Hall–Kier alpha value is -2.87. The number of nitrogens with zero attached hydrogens (tertiary/aromatic N) is 2. The predicted octanol–water partition coefficient (Wildman–Crippen LogP) is 3.35. The van der Waals surface area contributed by atoms with Gasteiger partial charge in [-0.25, -0.2) is 8.42 Å². The molecule has 2 aromatic rings. The molecule has 0 aliphatic rings. The summed E-state index contributed by atoms with van der Waals surface area (Å²) in [6.45, 7) is 6.62. The van der Waals surface area contributed by atoms with Gasteiger partial charge < -0.3 is 10.2 Å². The van der Waals surface area contributed by atoms with Gasteiger partial charge in [-0.15, -0.1) is 0 Å². The standard InChI is InChI=1S/C22H29N3O4S/c1-5-20(25(30(4,28)29)17-13-9-8-10-14-17)21(26)23-19-16-12-11-15-18(19)22(27)24(6-2)7-3/h8-16,20H,5-7H2,1-4H3,(H,23,26)/t20-/m1/s1. The summed E-state index contributed by atoms with van der Waals surface area (Å²) >= 11 is 0. The Labute approximate surface area is 178 Å². The fourth-order valence-corrected chi connectivity index (χ4v) is 4.52. The summed E-state index contributed by atoms with van der Waals surface area (Å²) in [6, 6.07) is 14.3. The van der Waals surface area contributed by atoms with Gasteiger partial charge in [-0.05, 0) is 44.5 Å². The van der Waals surface area contributed by atoms with Crippen LogP contribution in [0.15, 0.2) is 54.6 Å². The van der Waals surface area contributed by atoms with Crippen LogP contribution in [-0.4, -0.2) is 50.5 Å². The molecule has 2 aromatic carbocycles. The minimum Gasteiger partial charge on any atom is -0.339 e. The molecule has 162 valence electrons. The summed E-state index contributed by atoms with van der Waals surface area (Å²) in [5, 5.41) is 2.78. The van der Waals surface area contributed by atoms with Crippen LogP contribution in [0.5, 0.6) is 0 Å². The largest absolute Gasteiger partial charge is 0.339 e. The molecular formula is C22H29N3O4S. The molecule has 0 radical (unpaired) electrons. The number of anilines is 2. The zero-order valence-corrected chi connectivity index (χ0v) is 18.6. The summed E-state index contributed by atoms with van der Waals surface area (Å²) in [4.78, 5) is 27.6. The zero-order valence-electron chi connectivity index (χ0n) is 17.8. The Balaban J connectivity index is 2.39. The first kappa shape index (κ1) is 23.4. The lowest BCUT2D eigenvalue weighted by atomic mass is 10.1. The Kier molecular flexibility index (Phi) is 8.00. The number of carbonyl (C=O) groups excluding carboxylic acids is 2. The number of rotatable bonds is 9. The van der Waals surface area contributed by atoms with E-state index in [1.165, 1.54) is 0 Å². The molecular weight excluding hydrogens is 402 g/mol. The summed E-state index contributed by atoms with van der Waals surface area (Å²) in [7, 11) is -3.72. The maximum absolute atomic E-state index is 13.1. The number of hydrogen-bond acceptors (Lipinski definition) is 4. The van der Waals surface area contributed by atoms with E-state index in [-0.39, 0.29) is 12.3 Å². The molecule has 0 heterocycles. The van der Waals surface area contributed by atoms with Crippen molar-refractivity contribution in [3.63, 3.8) is 0 Å². The molecule has 0 saturated heterocycles. The quantitative estimate of drug-likeness (QED) is 0.660. The molecule has 0 fully saturated rings. The predicted molar refractivity (Wildman–Crippen MR) is 120 cm³/mol. The van der Waals surface area contributed by atoms with Gasteiger partial charge in [-0.2, -0.15) is 0 Å². The first-order chi connectivity index (χ1) is 14.2. The molecule has 1 N–H and O–H groups in total. The minimum absolute atomic E-state index is 0.188. The van der Waals surface area contributed by atoms with E-state index >= 15 is 0 Å². The van der Waals surface area contributed by atoms with Crippen LogP contribution in [0.3, 0.4) is 0 Å². The molecule has 0 aliphatic carbocycles. The highest BCUT2D eigenvalue weighted by molar-refractivity contribution is 7.92. The van der Waals surface area contributed by atoms with Crippen LogP contribution < -0.4 is 9.62 Å². The molecule has 0 bridgehead atoms. The molecule has 0 unspecified atom stereocenters. The number of carbonyl (C=O) groups is 2. The van der Waals surface area contributed by atoms with Crippen molar-refractivity contribution in [1.82, 2.24) is 4.90 Å². The highest BCUT2D eigenvalue weighted by Crippen LogP contribution is 2.24. The van der Waals surface area contributed by atoms with Gasteiger partial charge >= 0.3 is 0 Å². The van der Waals surface area contributed by atoms with E-state index in [1.54, 1.807) is 66.4 Å². The summed E-state index contributed by atoms with van der Waals surface area (Å²) < 4.78 is 26.2. The first-order valence-corrected chi connectivity index (χ1v) is 11.8. The van der Waals surface area contributed by atoms with E-state index in [9.17, 15) is 18.0 Å². The third kappa shape index (κ3) is 5.38. The lowest BCUT2D eigenvalue weighted by molar-refractivity contribution is -0.117. The number of benzene rings is 2. The summed E-state index contributed by atoms with van der Waals surface area (Å²) in [5.41, 5.74) is 1.14. The van der Waals surface area contributed by atoms with Gasteiger partial charge in [0.15, 0.2) is 0 Å². The van der Waals surface area contributed by atoms with Gasteiger partial charge in [0, 0.05) is 13.1 Å². The molecule has 1 atom stereocenters. The zero-order chi connectivity index (χ0) is 22.3. The van der Waals surface area contributed by atoms with Gasteiger partial charge in [-0.3, -0.25) is 13.9 Å². The second kappa shape index (κ2) is 10.2. The highest BCUT2D eigenvalue weighted by Gasteiger charge is 2.32. The SMILES string of the molecule is CC[C@H](C(=O)Nc1ccccc1C(=O)N(CC)CC)N(c1ccccc1)S(C)(=O)=O. The van der Waals surface area contributed by atoms with Crippen molar-refractivity contribution in [2.75, 3.05) is 29.0 Å². The van der Waals surface area contributed by atoms with E-state index < -0.39 is 22.0 Å². The van der Waals surface area contributed by atoms with E-state index in [4.69, 9.17) is 0 Å². The first-order valence-electron chi connectivity index (χ1n) is 9.98. The van der Waals surface area contributed by atoms with E-state index in [0.717, 1.165) is 10.6 Å². The van der Waals surface area contributed by atoms with Crippen LogP contribution >= 0.6 is 0 Å². The Morgan fingerprint density at radius 3 is 2.03 bits per heavy atom. The molecule has 0 spiro atoms. The molecule has 8 heteroatoms. The number of hydrogen-bond donors (Lipinski definition) is 1. The van der Waals surface area contributed by atoms with Crippen molar-refractivity contribution >= 4 is 33.2 Å². The third-order valence-corrected chi connectivity index (χ3v) is 5.99. The topological polar surface area (TPSA) is 86.8 Å². The molecule has 0 saturated carbocycles. The molecule has 2 rings (SSSR count). The van der Waals surface area contributed by atoms with Crippen LogP contribution in [0.1, 0.15) is 37.6 Å². The van der Waals surface area contributed by atoms with Crippen LogP contribution in [0, 0.1) is 0 Å². The number of sulfonamides is 1. The van der Waals surface area contributed by atoms with Gasteiger partial charge in [0.05, 0.1) is 23.2 Å². The lowest BCUT2D eigenvalue weighted by Crippen LogP contribution is -2.47. The monoisotopic (exact) mass is 431 g/mol. The molecule has 0 aromatic heterocycles. The highest BCUT2D eigenvalue weighted by atomic mass is 32.2. The second-order valence-electron chi connectivity index (χ2n) is 6.83. The average Bonchev–Trinajstić information content (AvgIpc) is 2.72. The Morgan fingerprint density at radius 1 is 0.933 bits per heavy atom. The number of para-hydroxylation sites is 2. The number of amides is 2. The maximum atomic E-state index is 13.1. The maximum Gasteiger partial charge on any atom is 0.255 e. The van der Waals surface area contributed by atoms with Crippen molar-refractivity contribution in [3.8, 4) is 0 Å². The lowest BCUT2D eigenvalue weighted by Gasteiger charge is -2.30. The van der Waals surface area contributed by atoms with E-state index in [1.807, 2.05) is 13.8 Å². The summed E-state index contributed by atoms with van der Waals surface area (Å²) in [5.74, 6) is -0.682. The van der Waals surface area contributed by atoms with Crippen LogP contribution in [0.2, 0.25) is 0 Å². The van der Waals surface area contributed by atoms with Gasteiger partial charge in [0.2, 0.25) is 15.9 Å². The minimum atomic E-state index is -3.72. The molecule has 30 heavy (non-hydrogen) atoms. The molecule has 0 aliphatic heterocycles. The molecule has 2 amide bonds. The van der Waals surface area contributed by atoms with Gasteiger partial charge in [0.25, 0.3) is 5.91 Å². The van der Waals surface area contributed by atoms with E-state index in [0.29, 0.717) is 30.0 Å². The molecule has 7 nitrogen and oxygen atoms in total. The average molecular weight is 432 g/mol. The van der Waals surface area contributed by atoms with Crippen LogP contribution in [0.25, 0.3) is 0 Å². The van der Waals surface area contributed by atoms with E-state index in [2.05, 4.69) is 5.32 Å². The fourth-order valence-electron chi connectivity index (χ4n) is 3.31. The van der Waals surface area contributed by atoms with Gasteiger partial charge in [0.1, 0.15) is 6.04 Å². The Bertz CT molecular complexity index is 973. The third-order valence-electron chi connectivity index (χ3n) is 4.81. The fraction of sp³-hybridized carbons (Fsp3) is 0.364. The van der Waals surface area contributed by atoms with Crippen molar-refractivity contribution in [3.05, 3.63) is 60.2 Å². The smallest absolute Gasteiger partial charge is 0.255 e. The summed E-state index contributed by atoms with van der Waals surface area (Å²) in [6.07, 6.45) is 1.34. The normalized spacial score (nSPS) is 12.1. The van der Waals surface area contributed by atoms with Crippen LogP contribution in [0.4, 0.5) is 11.4 Å². The second-order valence-corrected chi connectivity index (χ2v) is 8.69. The Morgan fingerprint density at radius 2 is 1.50 bits per heavy atom. The van der Waals surface area contributed by atoms with Crippen LogP contribution in [-0.2, 0) is 14.8 Å². The number of nitrogens with one attached hydrogen (secondary N) is 1. The van der Waals surface area contributed by atoms with Crippen molar-refractivity contribution in [2.24, 2.45) is 0 Å². The van der Waals surface area contributed by atoms with Crippen molar-refractivity contribution in [1.29, 1.82) is 0 Å². The van der Waals surface area contributed by atoms with Crippen molar-refractivity contribution in [2.45, 2.75) is 33.2 Å². The van der Waals surface area contributed by atoms with Crippen molar-refractivity contribution < 1.29 is 18.0 Å². The van der Waals surface area contributed by atoms with Gasteiger partial charge in [-0.1, -0.05) is 37.3 Å².